The molecule has 5 N–H and O–H groups in total. The van der Waals surface area contributed by atoms with E-state index in [-0.39, 0.29) is 37.6 Å². The number of fused-ring (bicyclic) bond motifs is 10. The van der Waals surface area contributed by atoms with Gasteiger partial charge in [-0.25, -0.2) is 4.79 Å². The van der Waals surface area contributed by atoms with Crippen molar-refractivity contribution in [3.63, 3.8) is 0 Å². The van der Waals surface area contributed by atoms with Gasteiger partial charge in [0.15, 0.2) is 0 Å². The second-order valence-electron chi connectivity index (χ2n) is 14.0. The molecular formula is C38H49N5O6S. The largest absolute Gasteiger partial charge is 0.453 e. The lowest BCUT2D eigenvalue weighted by atomic mass is 9.86. The first-order valence-corrected chi connectivity index (χ1v) is 17.7. The first-order valence-electron chi connectivity index (χ1n) is 16.8. The van der Waals surface area contributed by atoms with Crippen molar-refractivity contribution < 1.29 is 29.0 Å². The molecule has 2 bridgehead atoms. The summed E-state index contributed by atoms with van der Waals surface area (Å²) < 4.78 is 4.78. The number of rotatable bonds is 10. The van der Waals surface area contributed by atoms with Crippen LogP contribution in [-0.4, -0.2) is 66.8 Å². The Morgan fingerprint density at radius 3 is 2.38 bits per heavy atom. The maximum atomic E-state index is 13.9. The van der Waals surface area contributed by atoms with Crippen molar-refractivity contribution in [3.8, 4) is 10.4 Å². The minimum Gasteiger partial charge on any atom is -0.453 e. The summed E-state index contributed by atoms with van der Waals surface area (Å²) in [6.45, 7) is 9.69. The Morgan fingerprint density at radius 1 is 1.08 bits per heavy atom. The molecule has 1 aromatic heterocycles. The van der Waals surface area contributed by atoms with Gasteiger partial charge in [0.1, 0.15) is 17.7 Å². The van der Waals surface area contributed by atoms with Crippen LogP contribution in [0.15, 0.2) is 72.1 Å². The second-order valence-corrected chi connectivity index (χ2v) is 14.9. The van der Waals surface area contributed by atoms with Crippen molar-refractivity contribution in [2.24, 2.45) is 11.3 Å². The van der Waals surface area contributed by atoms with Crippen LogP contribution in [-0.2, 0) is 25.5 Å². The van der Waals surface area contributed by atoms with Crippen molar-refractivity contribution in [2.75, 3.05) is 25.2 Å². The number of carbonyl (C=O) groups is 4. The van der Waals surface area contributed by atoms with Gasteiger partial charge in [0.2, 0.25) is 5.91 Å². The fraction of sp³-hybridized carbons (Fsp3) is 0.421. The highest BCUT2D eigenvalue weighted by Crippen LogP contribution is 2.28. The SMILES string of the molecule is COC(=O)N[C@H](C(=O)NN(CCC[C@@]1(O)Cc2ccc(cc2)/C=C\CNC(=O)[C@H](C(C)C)NC1=O)c1ccc(-c2cccs2)cc1)C(C)(C)C. The van der Waals surface area contributed by atoms with Crippen LogP contribution in [0.25, 0.3) is 16.5 Å². The maximum absolute atomic E-state index is 13.9. The molecule has 3 aromatic rings. The van der Waals surface area contributed by atoms with Crippen molar-refractivity contribution in [2.45, 2.75) is 71.6 Å². The molecule has 268 valence electrons. The Bertz CT molecular complexity index is 1630. The standard InChI is InChI=1S/C38H49N5O6S/c1-25(2)31-33(44)39-21-7-10-26-12-14-27(15-13-26)24-38(48,35(46)40-31)20-9-22-43(29-18-16-28(17-19-29)30-11-8-23-50-30)42-34(45)32(37(3,4)5)41-36(47)49-6/h7-8,10-19,23,25,31-32,48H,9,20-22,24H2,1-6H3,(H,39,44)(H,40,46)(H,41,47)(H,42,45)/b10-7-/t31-,32+,38+/m0/s1. The van der Waals surface area contributed by atoms with E-state index < -0.39 is 41.0 Å². The number of methoxy groups -OCH3 is 1. The molecule has 2 aliphatic rings. The molecular weight excluding hydrogens is 655 g/mol. The summed E-state index contributed by atoms with van der Waals surface area (Å²) in [5.41, 5.74) is 3.83. The van der Waals surface area contributed by atoms with E-state index in [0.717, 1.165) is 21.6 Å². The molecule has 0 fully saturated rings. The summed E-state index contributed by atoms with van der Waals surface area (Å²) >= 11 is 1.62. The van der Waals surface area contributed by atoms with Crippen molar-refractivity contribution in [1.82, 2.24) is 21.4 Å². The lowest BCUT2D eigenvalue weighted by Gasteiger charge is -2.34. The Labute approximate surface area is 298 Å². The van der Waals surface area contributed by atoms with Crippen LogP contribution in [0.5, 0.6) is 0 Å². The lowest BCUT2D eigenvalue weighted by Crippen LogP contribution is -2.58. The molecule has 11 nitrogen and oxygen atoms in total. The molecule has 0 radical (unpaired) electrons. The third kappa shape index (κ3) is 10.2. The lowest BCUT2D eigenvalue weighted by molar-refractivity contribution is -0.144. The summed E-state index contributed by atoms with van der Waals surface area (Å²) in [4.78, 5) is 54.0. The van der Waals surface area contributed by atoms with Crippen LogP contribution in [0.3, 0.4) is 0 Å². The number of amides is 4. The Balaban J connectivity index is 1.62. The molecule has 0 unspecified atom stereocenters. The Hall–Kier alpha value is -4.68. The molecule has 12 heteroatoms. The first kappa shape index (κ1) is 38.1. The Kier molecular flexibility index (Phi) is 12.8. The van der Waals surface area contributed by atoms with E-state index in [2.05, 4.69) is 21.4 Å². The van der Waals surface area contributed by atoms with Crippen LogP contribution in [0.2, 0.25) is 0 Å². The zero-order valence-corrected chi connectivity index (χ0v) is 30.4. The number of benzene rings is 2. The van der Waals surface area contributed by atoms with E-state index in [0.29, 0.717) is 12.2 Å². The molecule has 2 aromatic carbocycles. The smallest absolute Gasteiger partial charge is 0.407 e. The topological polar surface area (TPSA) is 149 Å². The van der Waals surface area contributed by atoms with Gasteiger partial charge in [0.05, 0.1) is 12.8 Å². The van der Waals surface area contributed by atoms with Gasteiger partial charge in [-0.3, -0.25) is 24.8 Å². The molecule has 0 spiro atoms. The highest BCUT2D eigenvalue weighted by molar-refractivity contribution is 7.13. The van der Waals surface area contributed by atoms with Crippen LogP contribution in [0.4, 0.5) is 10.5 Å². The fourth-order valence-electron chi connectivity index (χ4n) is 5.72. The number of alkyl carbamates (subject to hydrolysis) is 1. The predicted molar refractivity (Wildman–Crippen MR) is 197 cm³/mol. The quantitative estimate of drug-likeness (QED) is 0.185. The normalized spacial score (nSPS) is 19.5. The summed E-state index contributed by atoms with van der Waals surface area (Å²) in [6.07, 6.45) is 3.35. The van der Waals surface area contributed by atoms with Gasteiger partial charge in [0.25, 0.3) is 11.8 Å². The number of aliphatic hydroxyl groups is 1. The molecule has 5 rings (SSSR count). The Morgan fingerprint density at radius 2 is 1.78 bits per heavy atom. The second kappa shape index (κ2) is 16.8. The number of hydrogen-bond acceptors (Lipinski definition) is 8. The van der Waals surface area contributed by atoms with Gasteiger partial charge in [-0.05, 0) is 64.4 Å². The third-order valence-electron chi connectivity index (χ3n) is 8.62. The van der Waals surface area contributed by atoms with Gasteiger partial charge in [-0.1, -0.05) is 89.2 Å². The molecule has 2 aliphatic heterocycles. The maximum Gasteiger partial charge on any atom is 0.407 e. The number of thiophene rings is 1. The minimum atomic E-state index is -1.87. The fourth-order valence-corrected chi connectivity index (χ4v) is 6.45. The van der Waals surface area contributed by atoms with E-state index in [1.54, 1.807) is 16.3 Å². The highest BCUT2D eigenvalue weighted by Gasteiger charge is 2.39. The number of nitrogens with zero attached hydrogens (tertiary/aromatic N) is 1. The van der Waals surface area contributed by atoms with E-state index in [1.807, 2.05) is 113 Å². The average molecular weight is 704 g/mol. The summed E-state index contributed by atoms with van der Waals surface area (Å²) in [7, 11) is 1.24. The average Bonchev–Trinajstić information content (AvgIpc) is 3.62. The molecule has 0 saturated carbocycles. The number of nitrogens with one attached hydrogen (secondary N) is 4. The zero-order chi connectivity index (χ0) is 36.5. The highest BCUT2D eigenvalue weighted by atomic mass is 32.1. The van der Waals surface area contributed by atoms with Crippen LogP contribution in [0, 0.1) is 11.3 Å². The minimum absolute atomic E-state index is 0.0201. The number of hydrogen-bond donors (Lipinski definition) is 5. The van der Waals surface area contributed by atoms with Crippen LogP contribution in [0.1, 0.15) is 58.6 Å². The van der Waals surface area contributed by atoms with Gasteiger partial charge >= 0.3 is 6.09 Å². The monoisotopic (exact) mass is 703 g/mol. The van der Waals surface area contributed by atoms with E-state index >= 15 is 0 Å². The van der Waals surface area contributed by atoms with E-state index in [4.69, 9.17) is 4.74 Å². The molecule has 3 heterocycles. The van der Waals surface area contributed by atoms with Crippen LogP contribution < -0.4 is 26.4 Å². The van der Waals surface area contributed by atoms with Crippen molar-refractivity contribution in [1.29, 1.82) is 0 Å². The molecule has 50 heavy (non-hydrogen) atoms. The van der Waals surface area contributed by atoms with Gasteiger partial charge in [-0.15, -0.1) is 11.3 Å². The number of ether oxygens (including phenoxy) is 1. The molecule has 3 atom stereocenters. The molecule has 0 aliphatic carbocycles. The van der Waals surface area contributed by atoms with Crippen molar-refractivity contribution >= 4 is 46.9 Å². The van der Waals surface area contributed by atoms with Crippen molar-refractivity contribution in [3.05, 3.63) is 83.2 Å². The summed E-state index contributed by atoms with van der Waals surface area (Å²) in [5.74, 6) is -1.66. The number of anilines is 1. The molecule has 4 amide bonds. The zero-order valence-electron chi connectivity index (χ0n) is 29.6. The predicted octanol–water partition coefficient (Wildman–Crippen LogP) is 5.06. The van der Waals surface area contributed by atoms with Crippen LogP contribution >= 0.6 is 11.3 Å². The van der Waals surface area contributed by atoms with E-state index in [9.17, 15) is 24.3 Å². The number of hydrazine groups is 1. The third-order valence-corrected chi connectivity index (χ3v) is 9.54. The van der Waals surface area contributed by atoms with Gasteiger partial charge in [-0.2, -0.15) is 0 Å². The van der Waals surface area contributed by atoms with E-state index in [1.165, 1.54) is 7.11 Å². The summed E-state index contributed by atoms with van der Waals surface area (Å²) in [5, 5.41) is 24.0. The van der Waals surface area contributed by atoms with Gasteiger partial charge < -0.3 is 25.8 Å². The number of carbonyl (C=O) groups excluding carboxylic acids is 4. The first-order chi connectivity index (χ1) is 23.7. The summed E-state index contributed by atoms with van der Waals surface area (Å²) in [6, 6.07) is 17.5. The molecule has 0 saturated heterocycles. The van der Waals surface area contributed by atoms with Gasteiger partial charge in [0, 0.05) is 24.4 Å².